The van der Waals surface area contributed by atoms with Crippen LogP contribution in [0.3, 0.4) is 0 Å². The van der Waals surface area contributed by atoms with Crippen molar-refractivity contribution >= 4 is 17.7 Å². The number of carbonyl (C=O) groups is 1. The van der Waals surface area contributed by atoms with Gasteiger partial charge in [-0.05, 0) is 61.9 Å². The molecule has 3 heteroatoms. The normalized spacial score (nSPS) is 23.4. The summed E-state index contributed by atoms with van der Waals surface area (Å²) in [6, 6.07) is 6.20. The molecule has 1 unspecified atom stereocenters. The third-order valence-corrected chi connectivity index (χ3v) is 4.34. The van der Waals surface area contributed by atoms with Crippen LogP contribution in [0.4, 0.5) is 5.69 Å². The molecule has 2 aliphatic rings. The molecular weight excluding hydrogens is 250 g/mol. The van der Waals surface area contributed by atoms with Crippen LogP contribution in [0.15, 0.2) is 23.8 Å². The fourth-order valence-corrected chi connectivity index (χ4v) is 3.26. The third kappa shape index (κ3) is 2.33. The summed E-state index contributed by atoms with van der Waals surface area (Å²) >= 11 is 0. The Morgan fingerprint density at radius 1 is 1.45 bits per heavy atom. The predicted octanol–water partition coefficient (Wildman–Crippen LogP) is 3.54. The van der Waals surface area contributed by atoms with Crippen LogP contribution in [-0.2, 0) is 16.0 Å². The smallest absolute Gasteiger partial charge is 0.310 e. The number of hydrogen-bond acceptors (Lipinski definition) is 3. The summed E-state index contributed by atoms with van der Waals surface area (Å²) in [5.41, 5.74) is 5.00. The first-order valence-electron chi connectivity index (χ1n) is 7.38. The lowest BCUT2D eigenvalue weighted by atomic mass is 9.88. The molecule has 1 saturated carbocycles. The van der Waals surface area contributed by atoms with Crippen molar-refractivity contribution in [2.24, 2.45) is 0 Å². The second kappa shape index (κ2) is 4.97. The maximum atomic E-state index is 11.6. The summed E-state index contributed by atoms with van der Waals surface area (Å²) in [7, 11) is 0. The molecule has 1 aliphatic heterocycles. The topological polar surface area (TPSA) is 38.3 Å². The number of rotatable bonds is 3. The molecule has 0 saturated heterocycles. The van der Waals surface area contributed by atoms with Crippen molar-refractivity contribution in [3.8, 4) is 0 Å². The summed E-state index contributed by atoms with van der Waals surface area (Å²) in [6.45, 7) is 4.55. The Morgan fingerprint density at radius 2 is 2.30 bits per heavy atom. The van der Waals surface area contributed by atoms with E-state index in [-0.39, 0.29) is 11.5 Å². The van der Waals surface area contributed by atoms with Gasteiger partial charge in [-0.25, -0.2) is 0 Å². The zero-order valence-corrected chi connectivity index (χ0v) is 12.2. The monoisotopic (exact) mass is 271 g/mol. The quantitative estimate of drug-likeness (QED) is 0.854. The SMILES string of the molecule is CCOC(=O)Cc1ccc2c(c1)C=C1CCCC1(C)N2. The van der Waals surface area contributed by atoms with Crippen molar-refractivity contribution < 1.29 is 9.53 Å². The fraction of sp³-hybridized carbons (Fsp3) is 0.471. The summed E-state index contributed by atoms with van der Waals surface area (Å²) in [4.78, 5) is 11.6. The van der Waals surface area contributed by atoms with Crippen molar-refractivity contribution in [1.29, 1.82) is 0 Å². The fourth-order valence-electron chi connectivity index (χ4n) is 3.26. The van der Waals surface area contributed by atoms with Gasteiger partial charge < -0.3 is 10.1 Å². The van der Waals surface area contributed by atoms with E-state index >= 15 is 0 Å². The van der Waals surface area contributed by atoms with E-state index in [1.54, 1.807) is 0 Å². The van der Waals surface area contributed by atoms with Gasteiger partial charge in [0.05, 0.1) is 18.6 Å². The Morgan fingerprint density at radius 3 is 3.10 bits per heavy atom. The largest absolute Gasteiger partial charge is 0.466 e. The van der Waals surface area contributed by atoms with E-state index in [1.807, 2.05) is 13.0 Å². The Labute approximate surface area is 120 Å². The van der Waals surface area contributed by atoms with E-state index in [0.717, 1.165) is 5.56 Å². The summed E-state index contributed by atoms with van der Waals surface area (Å²) < 4.78 is 5.01. The maximum absolute atomic E-state index is 11.6. The van der Waals surface area contributed by atoms with Gasteiger partial charge in [0.25, 0.3) is 0 Å². The van der Waals surface area contributed by atoms with Gasteiger partial charge in [-0.2, -0.15) is 0 Å². The van der Waals surface area contributed by atoms with E-state index in [2.05, 4.69) is 30.4 Å². The van der Waals surface area contributed by atoms with Crippen LogP contribution in [0.1, 0.15) is 44.2 Å². The first-order chi connectivity index (χ1) is 9.60. The number of anilines is 1. The summed E-state index contributed by atoms with van der Waals surface area (Å²) in [5, 5.41) is 3.66. The molecule has 3 rings (SSSR count). The number of ether oxygens (including phenoxy) is 1. The highest BCUT2D eigenvalue weighted by Crippen LogP contribution is 2.43. The molecule has 0 radical (unpaired) electrons. The molecule has 1 heterocycles. The molecular formula is C17H21NO2. The van der Waals surface area contributed by atoms with E-state index in [9.17, 15) is 4.79 Å². The lowest BCUT2D eigenvalue weighted by Crippen LogP contribution is -2.35. The van der Waals surface area contributed by atoms with E-state index < -0.39 is 0 Å². The minimum Gasteiger partial charge on any atom is -0.466 e. The van der Waals surface area contributed by atoms with E-state index in [0.29, 0.717) is 13.0 Å². The molecule has 0 bridgehead atoms. The van der Waals surface area contributed by atoms with Gasteiger partial charge in [0.1, 0.15) is 0 Å². The second-order valence-corrected chi connectivity index (χ2v) is 5.88. The van der Waals surface area contributed by atoms with Crippen molar-refractivity contribution in [3.63, 3.8) is 0 Å². The van der Waals surface area contributed by atoms with Crippen molar-refractivity contribution in [1.82, 2.24) is 0 Å². The van der Waals surface area contributed by atoms with Crippen molar-refractivity contribution in [2.75, 3.05) is 11.9 Å². The van der Waals surface area contributed by atoms with Crippen LogP contribution in [0.2, 0.25) is 0 Å². The first-order valence-corrected chi connectivity index (χ1v) is 7.38. The van der Waals surface area contributed by atoms with E-state index in [1.165, 1.54) is 36.1 Å². The van der Waals surface area contributed by atoms with Crippen LogP contribution >= 0.6 is 0 Å². The van der Waals surface area contributed by atoms with Crippen LogP contribution in [0.5, 0.6) is 0 Å². The van der Waals surface area contributed by atoms with Gasteiger partial charge in [0.15, 0.2) is 0 Å². The number of esters is 1. The highest BCUT2D eigenvalue weighted by atomic mass is 16.5. The van der Waals surface area contributed by atoms with Gasteiger partial charge in [-0.15, -0.1) is 0 Å². The van der Waals surface area contributed by atoms with Gasteiger partial charge in [0, 0.05) is 5.69 Å². The average Bonchev–Trinajstić information content (AvgIpc) is 2.76. The van der Waals surface area contributed by atoms with Crippen molar-refractivity contribution in [3.05, 3.63) is 34.9 Å². The average molecular weight is 271 g/mol. The maximum Gasteiger partial charge on any atom is 0.310 e. The number of fused-ring (bicyclic) bond motifs is 2. The zero-order valence-electron chi connectivity index (χ0n) is 12.2. The first kappa shape index (κ1) is 13.2. The molecule has 1 aromatic carbocycles. The molecule has 0 aromatic heterocycles. The Hall–Kier alpha value is -1.77. The second-order valence-electron chi connectivity index (χ2n) is 5.88. The standard InChI is InChI=1S/C17H21NO2/c1-3-20-16(19)10-12-6-7-15-13(9-12)11-14-5-4-8-17(14,2)18-15/h6-7,9,11,18H,3-5,8,10H2,1-2H3. The molecule has 0 amide bonds. The zero-order chi connectivity index (χ0) is 14.2. The minimum atomic E-state index is -0.158. The summed E-state index contributed by atoms with van der Waals surface area (Å²) in [6.07, 6.45) is 6.27. The minimum absolute atomic E-state index is 0.135. The van der Waals surface area contributed by atoms with Crippen molar-refractivity contribution in [2.45, 2.75) is 45.1 Å². The Kier molecular flexibility index (Phi) is 3.28. The molecule has 0 spiro atoms. The summed E-state index contributed by atoms with van der Waals surface area (Å²) in [5.74, 6) is -0.158. The third-order valence-electron chi connectivity index (χ3n) is 4.34. The Balaban J connectivity index is 1.85. The number of hydrogen-bond donors (Lipinski definition) is 1. The molecule has 106 valence electrons. The Bertz CT molecular complexity index is 576. The number of benzene rings is 1. The van der Waals surface area contributed by atoms with Gasteiger partial charge >= 0.3 is 5.97 Å². The lowest BCUT2D eigenvalue weighted by molar-refractivity contribution is -0.142. The van der Waals surface area contributed by atoms with Gasteiger partial charge in [-0.3, -0.25) is 4.79 Å². The van der Waals surface area contributed by atoms with Gasteiger partial charge in [0.2, 0.25) is 0 Å². The molecule has 1 aliphatic carbocycles. The van der Waals surface area contributed by atoms with Crippen LogP contribution in [0, 0.1) is 0 Å². The molecule has 1 fully saturated rings. The molecule has 3 nitrogen and oxygen atoms in total. The van der Waals surface area contributed by atoms with Crippen LogP contribution in [0.25, 0.3) is 6.08 Å². The molecule has 1 atom stereocenters. The molecule has 1 aromatic rings. The van der Waals surface area contributed by atoms with Crippen LogP contribution < -0.4 is 5.32 Å². The van der Waals surface area contributed by atoms with Gasteiger partial charge in [-0.1, -0.05) is 12.1 Å². The lowest BCUT2D eigenvalue weighted by Gasteiger charge is -2.34. The van der Waals surface area contributed by atoms with E-state index in [4.69, 9.17) is 4.74 Å². The molecule has 1 N–H and O–H groups in total. The molecule has 20 heavy (non-hydrogen) atoms. The van der Waals surface area contributed by atoms with Crippen LogP contribution in [-0.4, -0.2) is 18.1 Å². The highest BCUT2D eigenvalue weighted by molar-refractivity contribution is 5.78. The predicted molar refractivity (Wildman–Crippen MR) is 80.6 cm³/mol. The number of carbonyl (C=O) groups excluding carboxylic acids is 1. The highest BCUT2D eigenvalue weighted by Gasteiger charge is 2.36. The number of nitrogens with one attached hydrogen (secondary N) is 1.